The van der Waals surface area contributed by atoms with Gasteiger partial charge in [-0.2, -0.15) is 0 Å². The number of nitrogens with one attached hydrogen (secondary N) is 3. The standard InChI is InChI=1S/C12H10ClN3O2/c13-8-2-1-3-9(6-8)15-12(18)16-10-4-5-11(17)14-7-10/h1-7H,(H,14,17)(H2,15,16,18). The second-order valence-corrected chi connectivity index (χ2v) is 3.97. The number of aromatic nitrogens is 1. The molecule has 1 aromatic carbocycles. The molecule has 5 nitrogen and oxygen atoms in total. The second-order valence-electron chi connectivity index (χ2n) is 3.53. The van der Waals surface area contributed by atoms with Crippen molar-refractivity contribution >= 4 is 29.0 Å². The number of rotatable bonds is 2. The van der Waals surface area contributed by atoms with E-state index in [4.69, 9.17) is 11.6 Å². The van der Waals surface area contributed by atoms with Crippen LogP contribution in [-0.2, 0) is 0 Å². The first kappa shape index (κ1) is 12.2. The molecule has 3 N–H and O–H groups in total. The van der Waals surface area contributed by atoms with Crippen LogP contribution in [0.3, 0.4) is 0 Å². The lowest BCUT2D eigenvalue weighted by atomic mass is 10.3. The first-order valence-corrected chi connectivity index (χ1v) is 5.53. The quantitative estimate of drug-likeness (QED) is 0.779. The lowest BCUT2D eigenvalue weighted by Gasteiger charge is -2.07. The van der Waals surface area contributed by atoms with Crippen LogP contribution in [0.15, 0.2) is 47.4 Å². The maximum Gasteiger partial charge on any atom is 0.323 e. The highest BCUT2D eigenvalue weighted by atomic mass is 35.5. The van der Waals surface area contributed by atoms with Crippen LogP contribution < -0.4 is 16.2 Å². The molecule has 0 atom stereocenters. The number of halogens is 1. The van der Waals surface area contributed by atoms with Gasteiger partial charge in [-0.3, -0.25) is 4.79 Å². The van der Waals surface area contributed by atoms with Gasteiger partial charge in [-0.05, 0) is 24.3 Å². The van der Waals surface area contributed by atoms with E-state index in [1.807, 2.05) is 0 Å². The van der Waals surface area contributed by atoms with E-state index < -0.39 is 6.03 Å². The summed E-state index contributed by atoms with van der Waals surface area (Å²) >= 11 is 5.79. The maximum absolute atomic E-state index is 11.6. The van der Waals surface area contributed by atoms with Gasteiger partial charge in [-0.15, -0.1) is 0 Å². The van der Waals surface area contributed by atoms with Gasteiger partial charge in [-0.1, -0.05) is 17.7 Å². The van der Waals surface area contributed by atoms with Crippen LogP contribution >= 0.6 is 11.6 Å². The third kappa shape index (κ3) is 3.36. The Morgan fingerprint density at radius 3 is 2.56 bits per heavy atom. The number of carbonyl (C=O) groups is 1. The normalized spacial score (nSPS) is 9.83. The lowest BCUT2D eigenvalue weighted by Crippen LogP contribution is -2.20. The smallest absolute Gasteiger partial charge is 0.323 e. The maximum atomic E-state index is 11.6. The zero-order chi connectivity index (χ0) is 13.0. The van der Waals surface area contributed by atoms with Crippen molar-refractivity contribution in [3.05, 3.63) is 58.0 Å². The Morgan fingerprint density at radius 1 is 1.11 bits per heavy atom. The molecule has 92 valence electrons. The van der Waals surface area contributed by atoms with Crippen LogP contribution in [0.25, 0.3) is 0 Å². The third-order valence-corrected chi connectivity index (χ3v) is 2.36. The van der Waals surface area contributed by atoms with Crippen LogP contribution in [0, 0.1) is 0 Å². The molecule has 6 heteroatoms. The fourth-order valence-electron chi connectivity index (χ4n) is 1.35. The van der Waals surface area contributed by atoms with Gasteiger partial charge in [0.1, 0.15) is 0 Å². The number of benzene rings is 1. The van der Waals surface area contributed by atoms with Crippen molar-refractivity contribution in [1.82, 2.24) is 4.98 Å². The first-order valence-electron chi connectivity index (χ1n) is 5.16. The number of aromatic amines is 1. The monoisotopic (exact) mass is 263 g/mol. The van der Waals surface area contributed by atoms with Crippen LogP contribution in [0.2, 0.25) is 5.02 Å². The van der Waals surface area contributed by atoms with Gasteiger partial charge < -0.3 is 15.6 Å². The van der Waals surface area contributed by atoms with Crippen molar-refractivity contribution in [2.24, 2.45) is 0 Å². The van der Waals surface area contributed by atoms with Crippen molar-refractivity contribution < 1.29 is 4.79 Å². The predicted molar refractivity (Wildman–Crippen MR) is 71.2 cm³/mol. The van der Waals surface area contributed by atoms with Gasteiger partial charge in [0.25, 0.3) is 0 Å². The van der Waals surface area contributed by atoms with Gasteiger partial charge in [0, 0.05) is 23.0 Å². The van der Waals surface area contributed by atoms with Crippen LogP contribution in [-0.4, -0.2) is 11.0 Å². The Kier molecular flexibility index (Phi) is 3.64. The van der Waals surface area contributed by atoms with Crippen molar-refractivity contribution in [2.45, 2.75) is 0 Å². The largest absolute Gasteiger partial charge is 0.327 e. The summed E-state index contributed by atoms with van der Waals surface area (Å²) in [4.78, 5) is 24.9. The van der Waals surface area contributed by atoms with Crippen molar-refractivity contribution in [3.63, 3.8) is 0 Å². The number of pyridine rings is 1. The molecule has 0 spiro atoms. The summed E-state index contributed by atoms with van der Waals surface area (Å²) in [7, 11) is 0. The summed E-state index contributed by atoms with van der Waals surface area (Å²) in [5.74, 6) is 0. The van der Waals surface area contributed by atoms with E-state index in [9.17, 15) is 9.59 Å². The Hall–Kier alpha value is -2.27. The van der Waals surface area contributed by atoms with E-state index in [0.717, 1.165) is 0 Å². The summed E-state index contributed by atoms with van der Waals surface area (Å²) in [5.41, 5.74) is 0.856. The highest BCUT2D eigenvalue weighted by Gasteiger charge is 2.02. The molecule has 1 aromatic heterocycles. The molecule has 18 heavy (non-hydrogen) atoms. The highest BCUT2D eigenvalue weighted by Crippen LogP contribution is 2.15. The second kappa shape index (κ2) is 5.37. The number of hydrogen-bond donors (Lipinski definition) is 3. The zero-order valence-electron chi connectivity index (χ0n) is 9.24. The third-order valence-electron chi connectivity index (χ3n) is 2.12. The van der Waals surface area contributed by atoms with Crippen LogP contribution in [0.5, 0.6) is 0 Å². The van der Waals surface area contributed by atoms with E-state index >= 15 is 0 Å². The van der Waals surface area contributed by atoms with Crippen molar-refractivity contribution in [2.75, 3.05) is 10.6 Å². The van der Waals surface area contributed by atoms with Crippen LogP contribution in [0.1, 0.15) is 0 Å². The number of carbonyl (C=O) groups excluding carboxylic acids is 1. The minimum absolute atomic E-state index is 0.226. The summed E-state index contributed by atoms with van der Waals surface area (Å²) in [6, 6.07) is 9.23. The van der Waals surface area contributed by atoms with Crippen molar-refractivity contribution in [3.8, 4) is 0 Å². The molecule has 2 aromatic rings. The fourth-order valence-corrected chi connectivity index (χ4v) is 1.54. The van der Waals surface area contributed by atoms with E-state index in [-0.39, 0.29) is 5.56 Å². The molecule has 2 amide bonds. The number of anilines is 2. The van der Waals surface area contributed by atoms with E-state index in [0.29, 0.717) is 16.4 Å². The molecule has 0 unspecified atom stereocenters. The number of amides is 2. The summed E-state index contributed by atoms with van der Waals surface area (Å²) in [6.45, 7) is 0. The fraction of sp³-hybridized carbons (Fsp3) is 0. The summed E-state index contributed by atoms with van der Waals surface area (Å²) < 4.78 is 0. The Bertz CT molecular complexity index is 604. The minimum Gasteiger partial charge on any atom is -0.327 e. The molecule has 0 aliphatic heterocycles. The molecule has 2 rings (SSSR count). The number of H-pyrrole nitrogens is 1. The van der Waals surface area contributed by atoms with Crippen molar-refractivity contribution in [1.29, 1.82) is 0 Å². The molecule has 0 radical (unpaired) electrons. The molecular weight excluding hydrogens is 254 g/mol. The Morgan fingerprint density at radius 2 is 1.89 bits per heavy atom. The van der Waals surface area contributed by atoms with E-state index in [1.54, 1.807) is 24.3 Å². The predicted octanol–water partition coefficient (Wildman–Crippen LogP) is 2.67. The average Bonchev–Trinajstić information content (AvgIpc) is 2.32. The lowest BCUT2D eigenvalue weighted by molar-refractivity contribution is 0.262. The molecule has 0 bridgehead atoms. The van der Waals surface area contributed by atoms with Gasteiger partial charge in [0.05, 0.1) is 5.69 Å². The van der Waals surface area contributed by atoms with Gasteiger partial charge in [0.2, 0.25) is 5.56 Å². The molecule has 1 heterocycles. The number of hydrogen-bond acceptors (Lipinski definition) is 2. The van der Waals surface area contributed by atoms with Gasteiger partial charge in [0.15, 0.2) is 0 Å². The molecule has 0 fully saturated rings. The Labute approximate surface area is 108 Å². The van der Waals surface area contributed by atoms with E-state index in [2.05, 4.69) is 15.6 Å². The highest BCUT2D eigenvalue weighted by molar-refractivity contribution is 6.30. The number of urea groups is 1. The van der Waals surface area contributed by atoms with Crippen LogP contribution in [0.4, 0.5) is 16.2 Å². The van der Waals surface area contributed by atoms with E-state index in [1.165, 1.54) is 18.3 Å². The minimum atomic E-state index is -0.413. The first-order chi connectivity index (χ1) is 8.63. The summed E-state index contributed by atoms with van der Waals surface area (Å²) in [6.07, 6.45) is 1.42. The van der Waals surface area contributed by atoms with Gasteiger partial charge >= 0.3 is 6.03 Å². The molecule has 0 aliphatic rings. The van der Waals surface area contributed by atoms with Gasteiger partial charge in [-0.25, -0.2) is 4.79 Å². The zero-order valence-corrected chi connectivity index (χ0v) is 9.99. The Balaban J connectivity index is 2.01. The molecule has 0 saturated carbocycles. The summed E-state index contributed by atoms with van der Waals surface area (Å²) in [5, 5.41) is 5.73. The molecule has 0 saturated heterocycles. The SMILES string of the molecule is O=C(Nc1ccc(=O)[nH]c1)Nc1cccc(Cl)c1. The molecule has 0 aliphatic carbocycles. The topological polar surface area (TPSA) is 74.0 Å². The average molecular weight is 264 g/mol. The molecular formula is C12H10ClN3O2.